The normalized spacial score (nSPS) is 16.2. The van der Waals surface area contributed by atoms with Gasteiger partial charge in [-0.05, 0) is 48.5 Å². The monoisotopic (exact) mass is 394 g/mol. The molecule has 1 fully saturated rings. The molecule has 0 N–H and O–H groups in total. The fourth-order valence-corrected chi connectivity index (χ4v) is 4.34. The van der Waals surface area contributed by atoms with E-state index in [-0.39, 0.29) is 10.7 Å². The number of benzene rings is 2. The third-order valence-electron chi connectivity index (χ3n) is 4.52. The molecule has 0 unspecified atom stereocenters. The molecule has 0 saturated carbocycles. The number of methoxy groups -OCH3 is 1. The second kappa shape index (κ2) is 8.69. The van der Waals surface area contributed by atoms with Crippen LogP contribution < -0.4 is 9.47 Å². The molecule has 1 aliphatic heterocycles. The van der Waals surface area contributed by atoms with Gasteiger partial charge in [-0.3, -0.25) is 4.90 Å². The Labute approximate surface area is 159 Å². The Kier molecular flexibility index (Phi) is 6.30. The largest absolute Gasteiger partial charge is 0.497 e. The van der Waals surface area contributed by atoms with Crippen molar-refractivity contribution in [1.82, 2.24) is 9.21 Å². The molecule has 0 aromatic heterocycles. The van der Waals surface area contributed by atoms with Crippen LogP contribution in [0.5, 0.6) is 11.5 Å². The van der Waals surface area contributed by atoms with Gasteiger partial charge in [0, 0.05) is 32.7 Å². The third kappa shape index (κ3) is 4.97. The molecule has 0 atom stereocenters. The number of halogens is 1. The van der Waals surface area contributed by atoms with E-state index in [4.69, 9.17) is 9.47 Å². The number of hydrogen-bond acceptors (Lipinski definition) is 5. The molecule has 0 aliphatic carbocycles. The Morgan fingerprint density at radius 2 is 1.52 bits per heavy atom. The van der Waals surface area contributed by atoms with Gasteiger partial charge in [-0.25, -0.2) is 12.8 Å². The summed E-state index contributed by atoms with van der Waals surface area (Å²) in [6, 6.07) is 12.3. The molecule has 0 radical (unpaired) electrons. The zero-order valence-electron chi connectivity index (χ0n) is 15.2. The number of piperazine rings is 1. The fraction of sp³-hybridized carbons (Fsp3) is 0.368. The van der Waals surface area contributed by atoms with E-state index in [1.54, 1.807) is 43.5 Å². The first-order valence-electron chi connectivity index (χ1n) is 8.74. The maximum Gasteiger partial charge on any atom is 0.243 e. The van der Waals surface area contributed by atoms with Crippen molar-refractivity contribution in [3.05, 3.63) is 54.3 Å². The van der Waals surface area contributed by atoms with E-state index < -0.39 is 10.0 Å². The molecule has 146 valence electrons. The van der Waals surface area contributed by atoms with Gasteiger partial charge in [0.15, 0.2) is 0 Å². The Morgan fingerprint density at radius 1 is 0.926 bits per heavy atom. The molecule has 6 nitrogen and oxygen atoms in total. The van der Waals surface area contributed by atoms with Crippen LogP contribution in [0.3, 0.4) is 0 Å². The van der Waals surface area contributed by atoms with E-state index in [9.17, 15) is 12.8 Å². The number of rotatable bonds is 7. The van der Waals surface area contributed by atoms with Gasteiger partial charge in [0.1, 0.15) is 23.9 Å². The summed E-state index contributed by atoms with van der Waals surface area (Å²) < 4.78 is 50.5. The Balaban J connectivity index is 1.48. The lowest BCUT2D eigenvalue weighted by Crippen LogP contribution is -2.49. The molecule has 3 rings (SSSR count). The lowest BCUT2D eigenvalue weighted by molar-refractivity contribution is 0.159. The van der Waals surface area contributed by atoms with Crippen molar-refractivity contribution in [2.75, 3.05) is 46.4 Å². The lowest BCUT2D eigenvalue weighted by Gasteiger charge is -2.33. The van der Waals surface area contributed by atoms with E-state index in [1.165, 1.54) is 16.4 Å². The molecule has 0 amide bonds. The summed E-state index contributed by atoms with van der Waals surface area (Å²) in [4.78, 5) is 2.43. The number of nitrogens with zero attached hydrogens (tertiary/aromatic N) is 2. The molecular formula is C19H23FN2O4S. The smallest absolute Gasteiger partial charge is 0.243 e. The van der Waals surface area contributed by atoms with Crippen molar-refractivity contribution in [3.63, 3.8) is 0 Å². The SMILES string of the molecule is COc1ccc(S(=O)(=O)N2CCN(CCOc3ccc(F)cc3)CC2)cc1. The Bertz CT molecular complexity index is 833. The van der Waals surface area contributed by atoms with Gasteiger partial charge in [-0.2, -0.15) is 4.31 Å². The molecule has 27 heavy (non-hydrogen) atoms. The highest BCUT2D eigenvalue weighted by molar-refractivity contribution is 7.89. The van der Waals surface area contributed by atoms with Crippen molar-refractivity contribution >= 4 is 10.0 Å². The predicted molar refractivity (Wildman–Crippen MR) is 100 cm³/mol. The van der Waals surface area contributed by atoms with Gasteiger partial charge in [-0.15, -0.1) is 0 Å². The maximum absolute atomic E-state index is 12.9. The highest BCUT2D eigenvalue weighted by Gasteiger charge is 2.28. The van der Waals surface area contributed by atoms with E-state index >= 15 is 0 Å². The summed E-state index contributed by atoms with van der Waals surface area (Å²) in [7, 11) is -1.95. The quantitative estimate of drug-likeness (QED) is 0.721. The topological polar surface area (TPSA) is 59.1 Å². The van der Waals surface area contributed by atoms with E-state index in [0.717, 1.165) is 0 Å². The molecule has 2 aromatic rings. The molecule has 8 heteroatoms. The van der Waals surface area contributed by atoms with Crippen molar-refractivity contribution in [1.29, 1.82) is 0 Å². The van der Waals surface area contributed by atoms with Gasteiger partial charge in [0.2, 0.25) is 10.0 Å². The summed E-state index contributed by atoms with van der Waals surface area (Å²) in [5.74, 6) is 0.952. The zero-order valence-corrected chi connectivity index (χ0v) is 16.0. The van der Waals surface area contributed by atoms with Crippen molar-refractivity contribution in [2.45, 2.75) is 4.90 Å². The van der Waals surface area contributed by atoms with Gasteiger partial charge in [-0.1, -0.05) is 0 Å². The van der Waals surface area contributed by atoms with Crippen LogP contribution in [0, 0.1) is 5.82 Å². The summed E-state index contributed by atoms with van der Waals surface area (Å²) >= 11 is 0. The average Bonchev–Trinajstić information content (AvgIpc) is 2.70. The van der Waals surface area contributed by atoms with E-state index in [0.29, 0.717) is 50.8 Å². The zero-order chi connectivity index (χ0) is 19.3. The molecule has 0 spiro atoms. The van der Waals surface area contributed by atoms with Crippen LogP contribution in [0.15, 0.2) is 53.4 Å². The summed E-state index contributed by atoms with van der Waals surface area (Å²) in [5.41, 5.74) is 0. The average molecular weight is 394 g/mol. The van der Waals surface area contributed by atoms with Crippen LogP contribution in [-0.2, 0) is 10.0 Å². The standard InChI is InChI=1S/C19H23FN2O4S/c1-25-17-6-8-19(9-7-17)27(23,24)22-12-10-21(11-13-22)14-15-26-18-4-2-16(20)3-5-18/h2-9H,10-15H2,1H3. The van der Waals surface area contributed by atoms with Crippen LogP contribution in [0.25, 0.3) is 0 Å². The Morgan fingerprint density at radius 3 is 2.11 bits per heavy atom. The van der Waals surface area contributed by atoms with E-state index in [2.05, 4.69) is 4.90 Å². The number of hydrogen-bond donors (Lipinski definition) is 0. The van der Waals surface area contributed by atoms with Crippen LogP contribution >= 0.6 is 0 Å². The summed E-state index contributed by atoms with van der Waals surface area (Å²) in [5, 5.41) is 0. The molecule has 0 bridgehead atoms. The molecular weight excluding hydrogens is 371 g/mol. The highest BCUT2D eigenvalue weighted by atomic mass is 32.2. The van der Waals surface area contributed by atoms with Crippen LogP contribution in [-0.4, -0.2) is 64.1 Å². The lowest BCUT2D eigenvalue weighted by atomic mass is 10.3. The van der Waals surface area contributed by atoms with Crippen molar-refractivity contribution in [2.24, 2.45) is 0 Å². The predicted octanol–water partition coefficient (Wildman–Crippen LogP) is 2.22. The van der Waals surface area contributed by atoms with Crippen LogP contribution in [0.4, 0.5) is 4.39 Å². The third-order valence-corrected chi connectivity index (χ3v) is 6.43. The van der Waals surface area contributed by atoms with Gasteiger partial charge in [0.25, 0.3) is 0 Å². The first-order chi connectivity index (χ1) is 13.0. The van der Waals surface area contributed by atoms with Gasteiger partial charge < -0.3 is 9.47 Å². The number of sulfonamides is 1. The molecule has 1 aliphatic rings. The summed E-state index contributed by atoms with van der Waals surface area (Å²) in [6.45, 7) is 3.31. The second-order valence-corrected chi connectivity index (χ2v) is 8.16. The maximum atomic E-state index is 12.9. The first kappa shape index (κ1) is 19.6. The molecule has 1 saturated heterocycles. The minimum absolute atomic E-state index is 0.274. The number of ether oxygens (including phenoxy) is 2. The van der Waals surface area contributed by atoms with Crippen LogP contribution in [0.1, 0.15) is 0 Å². The fourth-order valence-electron chi connectivity index (χ4n) is 2.91. The van der Waals surface area contributed by atoms with Gasteiger partial charge >= 0.3 is 0 Å². The van der Waals surface area contributed by atoms with Crippen molar-refractivity contribution in [3.8, 4) is 11.5 Å². The molecule has 2 aromatic carbocycles. The minimum Gasteiger partial charge on any atom is -0.497 e. The second-order valence-electron chi connectivity index (χ2n) is 6.22. The molecule has 1 heterocycles. The minimum atomic E-state index is -3.49. The highest BCUT2D eigenvalue weighted by Crippen LogP contribution is 2.20. The first-order valence-corrected chi connectivity index (χ1v) is 10.2. The summed E-state index contributed by atoms with van der Waals surface area (Å²) in [6.07, 6.45) is 0. The van der Waals surface area contributed by atoms with Gasteiger partial charge in [0.05, 0.1) is 12.0 Å². The Hall–Kier alpha value is -2.16. The van der Waals surface area contributed by atoms with Crippen LogP contribution in [0.2, 0.25) is 0 Å². The van der Waals surface area contributed by atoms with Crippen molar-refractivity contribution < 1.29 is 22.3 Å². The van der Waals surface area contributed by atoms with E-state index in [1.807, 2.05) is 0 Å².